The predicted molar refractivity (Wildman–Crippen MR) is 76.9 cm³/mol. The lowest BCUT2D eigenvalue weighted by Gasteiger charge is -2.15. The number of rotatable bonds is 2. The van der Waals surface area contributed by atoms with Gasteiger partial charge < -0.3 is 5.32 Å². The minimum absolute atomic E-state index is 0.0679. The van der Waals surface area contributed by atoms with Crippen LogP contribution in [0.1, 0.15) is 33.9 Å². The summed E-state index contributed by atoms with van der Waals surface area (Å²) in [5.41, 5.74) is 3.12. The molecule has 4 heteroatoms. The molecule has 1 aliphatic carbocycles. The molecular formula is C15H13BrN2O. The number of hydrogen-bond donors (Lipinski definition) is 1. The van der Waals surface area contributed by atoms with Crippen molar-refractivity contribution in [2.75, 3.05) is 0 Å². The molecule has 0 spiro atoms. The van der Waals surface area contributed by atoms with Gasteiger partial charge in [0.25, 0.3) is 5.91 Å². The van der Waals surface area contributed by atoms with Gasteiger partial charge in [-0.2, -0.15) is 0 Å². The number of aromatic nitrogens is 1. The van der Waals surface area contributed by atoms with Crippen molar-refractivity contribution in [1.82, 2.24) is 10.3 Å². The van der Waals surface area contributed by atoms with Crippen molar-refractivity contribution in [2.45, 2.75) is 18.9 Å². The fraction of sp³-hybridized carbons (Fsp3) is 0.200. The van der Waals surface area contributed by atoms with Crippen molar-refractivity contribution in [3.05, 3.63) is 63.9 Å². The van der Waals surface area contributed by atoms with E-state index in [9.17, 15) is 4.79 Å². The maximum absolute atomic E-state index is 12.2. The average molecular weight is 317 g/mol. The summed E-state index contributed by atoms with van der Waals surface area (Å²) in [4.78, 5) is 16.1. The van der Waals surface area contributed by atoms with Gasteiger partial charge in [-0.25, -0.2) is 0 Å². The number of carbonyl (C=O) groups excluding carboxylic acids is 1. The number of aryl methyl sites for hydroxylation is 1. The van der Waals surface area contributed by atoms with E-state index in [-0.39, 0.29) is 11.9 Å². The van der Waals surface area contributed by atoms with Crippen LogP contribution in [0, 0.1) is 0 Å². The van der Waals surface area contributed by atoms with E-state index in [2.05, 4.69) is 32.3 Å². The number of pyridine rings is 1. The summed E-state index contributed by atoms with van der Waals surface area (Å²) in [7, 11) is 0. The Morgan fingerprint density at radius 1 is 1.32 bits per heavy atom. The molecular weight excluding hydrogens is 304 g/mol. The van der Waals surface area contributed by atoms with Gasteiger partial charge in [0.15, 0.2) is 0 Å². The Labute approximate surface area is 120 Å². The smallest absolute Gasteiger partial charge is 0.253 e. The number of fused-ring (bicyclic) bond motifs is 1. The van der Waals surface area contributed by atoms with Gasteiger partial charge in [0.05, 0.1) is 11.6 Å². The standard InChI is InChI=1S/C15H13BrN2O/c16-12-5-1-3-10-6-7-13(14(10)12)18-15(19)11-4-2-8-17-9-11/h1-5,8-9,13H,6-7H2,(H,18,19). The van der Waals surface area contributed by atoms with E-state index in [0.717, 1.165) is 17.3 Å². The van der Waals surface area contributed by atoms with Crippen LogP contribution < -0.4 is 5.32 Å². The Bertz CT molecular complexity index is 613. The molecule has 1 atom stereocenters. The molecule has 0 aliphatic heterocycles. The Balaban J connectivity index is 1.82. The summed E-state index contributed by atoms with van der Waals surface area (Å²) in [6, 6.07) is 9.81. The van der Waals surface area contributed by atoms with E-state index in [1.807, 2.05) is 12.1 Å². The Morgan fingerprint density at radius 3 is 3.00 bits per heavy atom. The predicted octanol–water partition coefficient (Wildman–Crippen LogP) is 3.26. The topological polar surface area (TPSA) is 42.0 Å². The number of amides is 1. The molecule has 0 saturated carbocycles. The highest BCUT2D eigenvalue weighted by molar-refractivity contribution is 9.10. The Kier molecular flexibility index (Phi) is 3.34. The molecule has 96 valence electrons. The molecule has 1 aromatic heterocycles. The van der Waals surface area contributed by atoms with E-state index < -0.39 is 0 Å². The maximum Gasteiger partial charge on any atom is 0.253 e. The second-order valence-corrected chi connectivity index (χ2v) is 5.47. The monoisotopic (exact) mass is 316 g/mol. The van der Waals surface area contributed by atoms with Crippen LogP contribution in [0.4, 0.5) is 0 Å². The van der Waals surface area contributed by atoms with E-state index in [1.165, 1.54) is 11.1 Å². The lowest BCUT2D eigenvalue weighted by Crippen LogP contribution is -2.27. The Morgan fingerprint density at radius 2 is 2.21 bits per heavy atom. The van der Waals surface area contributed by atoms with Gasteiger partial charge in [0, 0.05) is 16.9 Å². The second-order valence-electron chi connectivity index (χ2n) is 4.62. The average Bonchev–Trinajstić information content (AvgIpc) is 2.84. The van der Waals surface area contributed by atoms with Crippen LogP contribution in [-0.2, 0) is 6.42 Å². The number of nitrogens with zero attached hydrogens (tertiary/aromatic N) is 1. The first kappa shape index (κ1) is 12.4. The summed E-state index contributed by atoms with van der Waals surface area (Å²) in [5.74, 6) is -0.0679. The molecule has 1 unspecified atom stereocenters. The molecule has 3 rings (SSSR count). The highest BCUT2D eigenvalue weighted by atomic mass is 79.9. The second kappa shape index (κ2) is 5.13. The summed E-state index contributed by atoms with van der Waals surface area (Å²) in [6.45, 7) is 0. The quantitative estimate of drug-likeness (QED) is 0.924. The lowest BCUT2D eigenvalue weighted by atomic mass is 10.1. The zero-order chi connectivity index (χ0) is 13.2. The zero-order valence-corrected chi connectivity index (χ0v) is 11.9. The van der Waals surface area contributed by atoms with Crippen molar-refractivity contribution in [3.63, 3.8) is 0 Å². The maximum atomic E-state index is 12.2. The van der Waals surface area contributed by atoms with Crippen LogP contribution >= 0.6 is 15.9 Å². The van der Waals surface area contributed by atoms with Gasteiger partial charge in [-0.15, -0.1) is 0 Å². The summed E-state index contributed by atoms with van der Waals surface area (Å²) < 4.78 is 1.07. The third-order valence-electron chi connectivity index (χ3n) is 3.42. The normalized spacial score (nSPS) is 17.0. The van der Waals surface area contributed by atoms with Crippen LogP contribution in [-0.4, -0.2) is 10.9 Å². The van der Waals surface area contributed by atoms with E-state index >= 15 is 0 Å². The third kappa shape index (κ3) is 2.40. The Hall–Kier alpha value is -1.68. The molecule has 1 amide bonds. The van der Waals surface area contributed by atoms with Crippen molar-refractivity contribution < 1.29 is 4.79 Å². The van der Waals surface area contributed by atoms with Crippen LogP contribution in [0.3, 0.4) is 0 Å². The van der Waals surface area contributed by atoms with E-state index in [1.54, 1.807) is 24.5 Å². The number of halogens is 1. The number of nitrogens with one attached hydrogen (secondary N) is 1. The minimum atomic E-state index is -0.0679. The highest BCUT2D eigenvalue weighted by Crippen LogP contribution is 2.36. The van der Waals surface area contributed by atoms with Gasteiger partial charge in [0.1, 0.15) is 0 Å². The number of benzene rings is 1. The van der Waals surface area contributed by atoms with Crippen LogP contribution in [0.2, 0.25) is 0 Å². The fourth-order valence-corrected chi connectivity index (χ4v) is 3.20. The van der Waals surface area contributed by atoms with Gasteiger partial charge in [-0.05, 0) is 42.2 Å². The van der Waals surface area contributed by atoms with Gasteiger partial charge in [-0.3, -0.25) is 9.78 Å². The molecule has 0 bridgehead atoms. The van der Waals surface area contributed by atoms with Crippen molar-refractivity contribution >= 4 is 21.8 Å². The van der Waals surface area contributed by atoms with Crippen LogP contribution in [0.25, 0.3) is 0 Å². The molecule has 19 heavy (non-hydrogen) atoms. The molecule has 0 saturated heterocycles. The molecule has 1 aliphatic rings. The summed E-state index contributed by atoms with van der Waals surface area (Å²) in [5, 5.41) is 3.08. The van der Waals surface area contributed by atoms with Crippen molar-refractivity contribution in [1.29, 1.82) is 0 Å². The molecule has 2 aromatic rings. The third-order valence-corrected chi connectivity index (χ3v) is 4.11. The van der Waals surface area contributed by atoms with Crippen LogP contribution in [0.5, 0.6) is 0 Å². The molecule has 0 fully saturated rings. The molecule has 1 aromatic carbocycles. The largest absolute Gasteiger partial charge is 0.345 e. The SMILES string of the molecule is O=C(NC1CCc2cccc(Br)c21)c1cccnc1. The number of carbonyl (C=O) groups is 1. The van der Waals surface area contributed by atoms with E-state index in [4.69, 9.17) is 0 Å². The first-order valence-electron chi connectivity index (χ1n) is 6.24. The van der Waals surface area contributed by atoms with Gasteiger partial charge in [0.2, 0.25) is 0 Å². The van der Waals surface area contributed by atoms with Crippen molar-refractivity contribution in [2.24, 2.45) is 0 Å². The molecule has 1 heterocycles. The molecule has 0 radical (unpaired) electrons. The molecule has 1 N–H and O–H groups in total. The lowest BCUT2D eigenvalue weighted by molar-refractivity contribution is 0.0936. The highest BCUT2D eigenvalue weighted by Gasteiger charge is 2.26. The van der Waals surface area contributed by atoms with Crippen LogP contribution in [0.15, 0.2) is 47.2 Å². The van der Waals surface area contributed by atoms with Gasteiger partial charge >= 0.3 is 0 Å². The molecule has 3 nitrogen and oxygen atoms in total. The summed E-state index contributed by atoms with van der Waals surface area (Å²) >= 11 is 3.57. The first-order valence-corrected chi connectivity index (χ1v) is 7.03. The summed E-state index contributed by atoms with van der Waals surface area (Å²) in [6.07, 6.45) is 5.21. The van der Waals surface area contributed by atoms with Crippen molar-refractivity contribution in [3.8, 4) is 0 Å². The zero-order valence-electron chi connectivity index (χ0n) is 10.3. The van der Waals surface area contributed by atoms with Gasteiger partial charge in [-0.1, -0.05) is 28.1 Å². The fourth-order valence-electron chi connectivity index (χ4n) is 2.52. The van der Waals surface area contributed by atoms with E-state index in [0.29, 0.717) is 5.56 Å². The minimum Gasteiger partial charge on any atom is -0.345 e. The first-order chi connectivity index (χ1) is 9.25. The number of hydrogen-bond acceptors (Lipinski definition) is 2.